The zero-order valence-corrected chi connectivity index (χ0v) is 11.7. The lowest BCUT2D eigenvalue weighted by molar-refractivity contribution is -0.124. The summed E-state index contributed by atoms with van der Waals surface area (Å²) in [5.41, 5.74) is 0. The van der Waals surface area contributed by atoms with Gasteiger partial charge in [-0.2, -0.15) is 11.8 Å². The Hall–Kier alpha value is 0.110. The highest BCUT2D eigenvalue weighted by Crippen LogP contribution is 2.23. The molecule has 94 valence electrons. The standard InChI is InChI=1S/C12H22ClNOS/c1-3-9(4-2)11(13)7-14-12(15)10-5-6-16-8-10/h9-11H,3-8H2,1-2H3,(H,14,15). The second kappa shape index (κ2) is 7.44. The minimum Gasteiger partial charge on any atom is -0.354 e. The lowest BCUT2D eigenvalue weighted by atomic mass is 9.99. The van der Waals surface area contributed by atoms with Crippen LogP contribution in [-0.4, -0.2) is 29.3 Å². The summed E-state index contributed by atoms with van der Waals surface area (Å²) < 4.78 is 0. The Bertz CT molecular complexity index is 215. The predicted octanol–water partition coefficient (Wildman–Crippen LogP) is 2.90. The Labute approximate surface area is 108 Å². The van der Waals surface area contributed by atoms with Crippen LogP contribution in [0.25, 0.3) is 0 Å². The van der Waals surface area contributed by atoms with Gasteiger partial charge < -0.3 is 5.32 Å². The van der Waals surface area contributed by atoms with Crippen LogP contribution in [0.2, 0.25) is 0 Å². The zero-order chi connectivity index (χ0) is 12.0. The third kappa shape index (κ3) is 4.17. The van der Waals surface area contributed by atoms with Crippen molar-refractivity contribution in [2.75, 3.05) is 18.1 Å². The van der Waals surface area contributed by atoms with E-state index in [-0.39, 0.29) is 17.2 Å². The van der Waals surface area contributed by atoms with Crippen LogP contribution in [0.4, 0.5) is 0 Å². The van der Waals surface area contributed by atoms with Gasteiger partial charge in [-0.05, 0) is 18.1 Å². The van der Waals surface area contributed by atoms with E-state index in [9.17, 15) is 4.79 Å². The zero-order valence-electron chi connectivity index (χ0n) is 10.2. The molecule has 0 saturated carbocycles. The van der Waals surface area contributed by atoms with Crippen LogP contribution in [0.5, 0.6) is 0 Å². The average molecular weight is 264 g/mol. The number of carbonyl (C=O) groups excluding carboxylic acids is 1. The molecule has 0 radical (unpaired) electrons. The normalized spacial score (nSPS) is 22.4. The molecule has 16 heavy (non-hydrogen) atoms. The van der Waals surface area contributed by atoms with E-state index < -0.39 is 0 Å². The fourth-order valence-corrected chi connectivity index (χ4v) is 3.70. The van der Waals surface area contributed by atoms with Crippen LogP contribution >= 0.6 is 23.4 Å². The lowest BCUT2D eigenvalue weighted by Crippen LogP contribution is -2.37. The van der Waals surface area contributed by atoms with Crippen molar-refractivity contribution >= 4 is 29.3 Å². The molecule has 1 fully saturated rings. The molecule has 0 aromatic heterocycles. The van der Waals surface area contributed by atoms with Crippen molar-refractivity contribution in [1.29, 1.82) is 0 Å². The first-order valence-electron chi connectivity index (χ1n) is 6.18. The third-order valence-corrected chi connectivity index (χ3v) is 5.01. The number of hydrogen-bond donors (Lipinski definition) is 1. The largest absolute Gasteiger partial charge is 0.354 e. The maximum Gasteiger partial charge on any atom is 0.224 e. The van der Waals surface area contributed by atoms with E-state index in [1.54, 1.807) is 0 Å². The van der Waals surface area contributed by atoms with Crippen molar-refractivity contribution < 1.29 is 4.79 Å². The van der Waals surface area contributed by atoms with Gasteiger partial charge in [-0.1, -0.05) is 26.7 Å². The topological polar surface area (TPSA) is 29.1 Å². The summed E-state index contributed by atoms with van der Waals surface area (Å²) in [4.78, 5) is 11.8. The van der Waals surface area contributed by atoms with E-state index >= 15 is 0 Å². The van der Waals surface area contributed by atoms with Crippen molar-refractivity contribution in [1.82, 2.24) is 5.32 Å². The molecule has 2 nitrogen and oxygen atoms in total. The Morgan fingerprint density at radius 3 is 2.69 bits per heavy atom. The number of amides is 1. The molecule has 0 aliphatic carbocycles. The summed E-state index contributed by atoms with van der Waals surface area (Å²) in [6.45, 7) is 4.92. The van der Waals surface area contributed by atoms with Gasteiger partial charge in [0, 0.05) is 18.2 Å². The predicted molar refractivity (Wildman–Crippen MR) is 72.2 cm³/mol. The molecule has 1 rings (SSSR count). The van der Waals surface area contributed by atoms with Gasteiger partial charge in [0.2, 0.25) is 5.91 Å². The van der Waals surface area contributed by atoms with Gasteiger partial charge in [-0.15, -0.1) is 11.6 Å². The Kier molecular flexibility index (Phi) is 6.59. The summed E-state index contributed by atoms with van der Waals surface area (Å²) in [6.07, 6.45) is 3.19. The van der Waals surface area contributed by atoms with E-state index in [0.29, 0.717) is 12.5 Å². The van der Waals surface area contributed by atoms with Gasteiger partial charge in [0.15, 0.2) is 0 Å². The Morgan fingerprint density at radius 1 is 1.50 bits per heavy atom. The van der Waals surface area contributed by atoms with Gasteiger partial charge in [-0.3, -0.25) is 4.79 Å². The second-order valence-corrected chi connectivity index (χ2v) is 6.11. The van der Waals surface area contributed by atoms with Gasteiger partial charge in [-0.25, -0.2) is 0 Å². The number of halogens is 1. The van der Waals surface area contributed by atoms with Crippen LogP contribution in [0.15, 0.2) is 0 Å². The number of thioether (sulfide) groups is 1. The monoisotopic (exact) mass is 263 g/mol. The number of nitrogens with one attached hydrogen (secondary N) is 1. The minimum atomic E-state index is 0.0769. The van der Waals surface area contributed by atoms with E-state index in [1.165, 1.54) is 0 Å². The molecule has 2 unspecified atom stereocenters. The first-order chi connectivity index (χ1) is 7.69. The van der Waals surface area contributed by atoms with Crippen molar-refractivity contribution in [3.63, 3.8) is 0 Å². The molecule has 1 heterocycles. The van der Waals surface area contributed by atoms with Crippen LogP contribution in [-0.2, 0) is 4.79 Å². The molecule has 2 atom stereocenters. The molecule has 0 aromatic carbocycles. The summed E-state index contributed by atoms with van der Waals surface area (Å²) in [5, 5.41) is 3.07. The maximum atomic E-state index is 11.8. The molecular formula is C12H22ClNOS. The fourth-order valence-electron chi connectivity index (χ4n) is 2.05. The van der Waals surface area contributed by atoms with Crippen LogP contribution in [0, 0.1) is 11.8 Å². The van der Waals surface area contributed by atoms with Crippen LogP contribution in [0.3, 0.4) is 0 Å². The van der Waals surface area contributed by atoms with Crippen molar-refractivity contribution in [2.24, 2.45) is 11.8 Å². The minimum absolute atomic E-state index is 0.0769. The molecule has 0 aromatic rings. The van der Waals surface area contributed by atoms with Gasteiger partial charge in [0.25, 0.3) is 0 Å². The summed E-state index contributed by atoms with van der Waals surface area (Å²) in [6, 6.07) is 0. The molecule has 1 amide bonds. The molecule has 1 aliphatic rings. The van der Waals surface area contributed by atoms with Crippen molar-refractivity contribution in [2.45, 2.75) is 38.5 Å². The third-order valence-electron chi connectivity index (χ3n) is 3.33. The number of alkyl halides is 1. The van der Waals surface area contributed by atoms with Crippen molar-refractivity contribution in [3.05, 3.63) is 0 Å². The maximum absolute atomic E-state index is 11.8. The molecule has 0 spiro atoms. The van der Waals surface area contributed by atoms with Gasteiger partial charge in [0.05, 0.1) is 5.38 Å². The van der Waals surface area contributed by atoms with Crippen LogP contribution in [0.1, 0.15) is 33.1 Å². The lowest BCUT2D eigenvalue weighted by Gasteiger charge is -2.20. The summed E-state index contributed by atoms with van der Waals surface area (Å²) in [7, 11) is 0. The number of hydrogen-bond acceptors (Lipinski definition) is 2. The van der Waals surface area contributed by atoms with E-state index in [4.69, 9.17) is 11.6 Å². The second-order valence-electron chi connectivity index (χ2n) is 4.40. The van der Waals surface area contributed by atoms with Gasteiger partial charge in [0.1, 0.15) is 0 Å². The van der Waals surface area contributed by atoms with E-state index in [2.05, 4.69) is 19.2 Å². The highest BCUT2D eigenvalue weighted by Gasteiger charge is 2.24. The highest BCUT2D eigenvalue weighted by molar-refractivity contribution is 7.99. The first kappa shape index (κ1) is 14.2. The fraction of sp³-hybridized carbons (Fsp3) is 0.917. The van der Waals surface area contributed by atoms with E-state index in [1.807, 2.05) is 11.8 Å². The number of rotatable bonds is 6. The summed E-state index contributed by atoms with van der Waals surface area (Å²) >= 11 is 8.14. The first-order valence-corrected chi connectivity index (χ1v) is 7.77. The summed E-state index contributed by atoms with van der Waals surface area (Å²) in [5.74, 6) is 3.02. The molecular weight excluding hydrogens is 242 g/mol. The average Bonchev–Trinajstić information content (AvgIpc) is 2.81. The smallest absolute Gasteiger partial charge is 0.224 e. The molecule has 1 N–H and O–H groups in total. The Balaban J connectivity index is 2.24. The number of carbonyl (C=O) groups is 1. The highest BCUT2D eigenvalue weighted by atomic mass is 35.5. The molecule has 1 saturated heterocycles. The van der Waals surface area contributed by atoms with E-state index in [0.717, 1.165) is 30.8 Å². The molecule has 4 heteroatoms. The SMILES string of the molecule is CCC(CC)C(Cl)CNC(=O)C1CCSC1. The molecule has 0 bridgehead atoms. The Morgan fingerprint density at radius 2 is 2.19 bits per heavy atom. The van der Waals surface area contributed by atoms with Crippen LogP contribution < -0.4 is 5.32 Å². The van der Waals surface area contributed by atoms with Gasteiger partial charge >= 0.3 is 0 Å². The van der Waals surface area contributed by atoms with Crippen molar-refractivity contribution in [3.8, 4) is 0 Å². The molecule has 1 aliphatic heterocycles. The quantitative estimate of drug-likeness (QED) is 0.747.